The summed E-state index contributed by atoms with van der Waals surface area (Å²) in [4.78, 5) is 12.3. The van der Waals surface area contributed by atoms with E-state index in [0.29, 0.717) is 17.2 Å². The van der Waals surface area contributed by atoms with E-state index in [2.05, 4.69) is 0 Å². The summed E-state index contributed by atoms with van der Waals surface area (Å²) in [7, 11) is 0. The molecular weight excluding hydrogens is 288 g/mol. The van der Waals surface area contributed by atoms with Crippen LogP contribution in [0.25, 0.3) is 16.8 Å². The van der Waals surface area contributed by atoms with Crippen molar-refractivity contribution < 1.29 is 15.0 Å². The zero-order chi connectivity index (χ0) is 16.0. The second kappa shape index (κ2) is 4.99. The molecule has 4 rings (SSSR count). The first-order valence-electron chi connectivity index (χ1n) is 7.40. The van der Waals surface area contributed by atoms with Crippen molar-refractivity contribution in [3.8, 4) is 11.5 Å². The van der Waals surface area contributed by atoms with Crippen LogP contribution in [-0.4, -0.2) is 10.9 Å². The molecule has 0 fully saturated rings. The number of carbonyl (C=O) groups excluding carboxylic acids is 1. The average Bonchev–Trinajstić information content (AvgIpc) is 2.58. The highest BCUT2D eigenvalue weighted by atomic mass is 16.3. The molecule has 1 N–H and O–H groups in total. The lowest BCUT2D eigenvalue weighted by atomic mass is 9.87. The zero-order valence-corrected chi connectivity index (χ0v) is 12.2. The highest BCUT2D eigenvalue weighted by molar-refractivity contribution is 6.22. The van der Waals surface area contributed by atoms with Crippen molar-refractivity contribution in [3.05, 3.63) is 76.9 Å². The molecule has 1 aliphatic rings. The Morgan fingerprint density at radius 3 is 2.52 bits per heavy atom. The smallest absolute Gasteiger partial charge is 0.190 e. The van der Waals surface area contributed by atoms with Crippen molar-refractivity contribution in [1.29, 1.82) is 0 Å². The highest BCUT2D eigenvalue weighted by Gasteiger charge is 2.22. The number of aromatic hydroxyl groups is 1. The molecule has 23 heavy (non-hydrogen) atoms. The lowest BCUT2D eigenvalue weighted by molar-refractivity contribution is -0.266. The van der Waals surface area contributed by atoms with Gasteiger partial charge in [0.1, 0.15) is 5.75 Å². The van der Waals surface area contributed by atoms with Crippen molar-refractivity contribution in [2.75, 3.05) is 0 Å². The molecule has 0 amide bonds. The van der Waals surface area contributed by atoms with Crippen molar-refractivity contribution in [2.45, 2.75) is 6.42 Å². The maximum absolute atomic E-state index is 12.8. The molecule has 0 saturated heterocycles. The summed E-state index contributed by atoms with van der Waals surface area (Å²) in [6, 6.07) is 14.8. The molecule has 112 valence electrons. The minimum atomic E-state index is -0.263. The second-order valence-corrected chi connectivity index (χ2v) is 5.66. The third kappa shape index (κ3) is 2.01. The molecule has 0 heterocycles. The lowest BCUT2D eigenvalue weighted by Crippen LogP contribution is -2.08. The van der Waals surface area contributed by atoms with Crippen LogP contribution in [0.3, 0.4) is 0 Å². The summed E-state index contributed by atoms with van der Waals surface area (Å²) in [5, 5.41) is 24.5. The van der Waals surface area contributed by atoms with E-state index in [9.17, 15) is 15.0 Å². The molecule has 3 aromatic carbocycles. The maximum atomic E-state index is 12.8. The van der Waals surface area contributed by atoms with Crippen molar-refractivity contribution in [3.63, 3.8) is 0 Å². The van der Waals surface area contributed by atoms with Crippen LogP contribution in [0.2, 0.25) is 0 Å². The fourth-order valence-electron chi connectivity index (χ4n) is 3.17. The van der Waals surface area contributed by atoms with Crippen molar-refractivity contribution in [2.24, 2.45) is 0 Å². The van der Waals surface area contributed by atoms with Crippen LogP contribution in [-0.2, 0) is 6.42 Å². The Hall–Kier alpha value is -3.07. The third-order valence-corrected chi connectivity index (χ3v) is 4.27. The Kier molecular flexibility index (Phi) is 2.95. The van der Waals surface area contributed by atoms with Crippen molar-refractivity contribution in [1.82, 2.24) is 0 Å². The molecule has 0 aromatic heterocycles. The van der Waals surface area contributed by atoms with Crippen LogP contribution >= 0.6 is 0 Å². The largest absolute Gasteiger partial charge is 0.872 e. The van der Waals surface area contributed by atoms with Crippen molar-refractivity contribution >= 4 is 22.6 Å². The monoisotopic (exact) mass is 301 g/mol. The third-order valence-electron chi connectivity index (χ3n) is 4.27. The van der Waals surface area contributed by atoms with Gasteiger partial charge in [-0.15, -0.1) is 0 Å². The average molecular weight is 301 g/mol. The van der Waals surface area contributed by atoms with E-state index in [1.54, 1.807) is 18.2 Å². The molecule has 0 bridgehead atoms. The van der Waals surface area contributed by atoms with E-state index < -0.39 is 0 Å². The van der Waals surface area contributed by atoms with Gasteiger partial charge in [-0.25, -0.2) is 0 Å². The number of phenolic OH excluding ortho intramolecular Hbond substituents is 1. The van der Waals surface area contributed by atoms with Crippen LogP contribution in [0.5, 0.6) is 11.5 Å². The molecule has 1 aliphatic carbocycles. The summed E-state index contributed by atoms with van der Waals surface area (Å²) in [5.74, 6) is -0.663. The minimum absolute atomic E-state index is 0.187. The van der Waals surface area contributed by atoms with E-state index in [-0.39, 0.29) is 28.4 Å². The Balaban J connectivity index is 2.03. The van der Waals surface area contributed by atoms with Gasteiger partial charge in [-0.1, -0.05) is 60.4 Å². The van der Waals surface area contributed by atoms with E-state index >= 15 is 0 Å². The number of carbonyl (C=O) groups is 1. The van der Waals surface area contributed by atoms with Gasteiger partial charge in [-0.2, -0.15) is 0 Å². The first-order valence-corrected chi connectivity index (χ1v) is 7.40. The zero-order valence-electron chi connectivity index (χ0n) is 12.2. The Bertz CT molecular complexity index is 969. The first-order chi connectivity index (χ1) is 11.2. The van der Waals surface area contributed by atoms with Gasteiger partial charge in [-0.05, 0) is 28.2 Å². The summed E-state index contributed by atoms with van der Waals surface area (Å²) in [6.07, 6.45) is 3.43. The number of ketones is 1. The van der Waals surface area contributed by atoms with E-state index in [4.69, 9.17) is 0 Å². The summed E-state index contributed by atoms with van der Waals surface area (Å²) in [6.45, 7) is 0. The minimum Gasteiger partial charge on any atom is -0.872 e. The molecule has 0 saturated carbocycles. The second-order valence-electron chi connectivity index (χ2n) is 5.66. The van der Waals surface area contributed by atoms with Gasteiger partial charge in [0.2, 0.25) is 0 Å². The molecule has 0 unspecified atom stereocenters. The van der Waals surface area contributed by atoms with E-state index in [0.717, 1.165) is 11.1 Å². The van der Waals surface area contributed by atoms with Gasteiger partial charge >= 0.3 is 0 Å². The summed E-state index contributed by atoms with van der Waals surface area (Å²) in [5.41, 5.74) is 2.22. The predicted molar refractivity (Wildman–Crippen MR) is 87.7 cm³/mol. The van der Waals surface area contributed by atoms with Gasteiger partial charge < -0.3 is 10.2 Å². The fourth-order valence-corrected chi connectivity index (χ4v) is 3.17. The Morgan fingerprint density at radius 1 is 0.957 bits per heavy atom. The van der Waals surface area contributed by atoms with E-state index in [1.165, 1.54) is 6.08 Å². The lowest BCUT2D eigenvalue weighted by Gasteiger charge is -2.24. The molecule has 0 spiro atoms. The molecule has 0 aliphatic heterocycles. The van der Waals surface area contributed by atoms with Crippen LogP contribution in [0, 0.1) is 0 Å². The molecular formula is C20H13O3-. The number of benzene rings is 3. The molecule has 3 heteroatoms. The molecule has 3 aromatic rings. The number of allylic oxidation sites excluding steroid dienone is 1. The summed E-state index contributed by atoms with van der Waals surface area (Å²) >= 11 is 0. The quantitative estimate of drug-likeness (QED) is 0.789. The first kappa shape index (κ1) is 13.6. The number of hydrogen-bond acceptors (Lipinski definition) is 3. The molecule has 0 atom stereocenters. The van der Waals surface area contributed by atoms with Gasteiger partial charge in [0.05, 0.1) is 5.56 Å². The fraction of sp³-hybridized carbons (Fsp3) is 0.0500. The molecule has 3 nitrogen and oxygen atoms in total. The van der Waals surface area contributed by atoms with Crippen LogP contribution < -0.4 is 5.11 Å². The predicted octanol–water partition coefficient (Wildman–Crippen LogP) is 3.42. The standard InChI is InChI=1S/C20H14O3/c21-16-10-9-13-7-4-8-14-17(13)18(16)20(23)15(19(14)22)11-12-5-2-1-3-6-12/h1-10,22-23H,11H2/p-1. The van der Waals surface area contributed by atoms with Crippen LogP contribution in [0.15, 0.2) is 54.6 Å². The number of hydrogen-bond donors (Lipinski definition) is 1. The van der Waals surface area contributed by atoms with Gasteiger partial charge in [-0.3, -0.25) is 4.79 Å². The highest BCUT2D eigenvalue weighted by Crippen LogP contribution is 2.42. The Labute approximate surface area is 133 Å². The van der Waals surface area contributed by atoms with Crippen LogP contribution in [0.4, 0.5) is 0 Å². The number of phenols is 1. The van der Waals surface area contributed by atoms with E-state index in [1.807, 2.05) is 36.4 Å². The van der Waals surface area contributed by atoms with Crippen LogP contribution in [0.1, 0.15) is 27.0 Å². The SMILES string of the molecule is O=C1C=Cc2cccc3c([O-])c(Cc4ccccc4)c(O)c1c23. The molecule has 0 radical (unpaired) electrons. The Morgan fingerprint density at radius 2 is 1.74 bits per heavy atom. The van der Waals surface area contributed by atoms with Gasteiger partial charge in [0.25, 0.3) is 0 Å². The normalized spacial score (nSPS) is 12.8. The summed E-state index contributed by atoms with van der Waals surface area (Å²) < 4.78 is 0. The van der Waals surface area contributed by atoms with Gasteiger partial charge in [0.15, 0.2) is 5.78 Å². The topological polar surface area (TPSA) is 60.4 Å². The number of rotatable bonds is 2. The van der Waals surface area contributed by atoms with Gasteiger partial charge in [0, 0.05) is 11.8 Å². The maximum Gasteiger partial charge on any atom is 0.190 e.